The van der Waals surface area contributed by atoms with Crippen molar-refractivity contribution < 1.29 is 4.92 Å². The molecular formula is C17H28N6O2. The maximum Gasteiger partial charge on any atom is 0.353 e. The SMILES string of the molecule is O=[N+]([O-])c1c(NCCN2CCCCC2)ncnc1NC1CCCCC1. The Morgan fingerprint density at radius 1 is 1.08 bits per heavy atom. The molecule has 2 N–H and O–H groups in total. The minimum Gasteiger partial charge on any atom is -0.363 e. The summed E-state index contributed by atoms with van der Waals surface area (Å²) in [6.07, 6.45) is 10.8. The van der Waals surface area contributed by atoms with E-state index in [0.717, 1.165) is 45.3 Å². The van der Waals surface area contributed by atoms with Crippen molar-refractivity contribution in [1.82, 2.24) is 14.9 Å². The Balaban J connectivity index is 1.63. The van der Waals surface area contributed by atoms with Crippen LogP contribution in [-0.2, 0) is 0 Å². The van der Waals surface area contributed by atoms with Gasteiger partial charge in [0.25, 0.3) is 0 Å². The lowest BCUT2D eigenvalue weighted by Gasteiger charge is -2.26. The fourth-order valence-electron chi connectivity index (χ4n) is 3.74. The second kappa shape index (κ2) is 8.94. The molecule has 1 aliphatic heterocycles. The molecule has 1 aromatic heterocycles. The molecule has 8 heteroatoms. The third-order valence-electron chi connectivity index (χ3n) is 5.12. The van der Waals surface area contributed by atoms with E-state index in [0.29, 0.717) is 18.2 Å². The van der Waals surface area contributed by atoms with Gasteiger partial charge in [-0.2, -0.15) is 0 Å². The normalized spacial score (nSPS) is 19.5. The van der Waals surface area contributed by atoms with Crippen LogP contribution in [-0.4, -0.2) is 52.0 Å². The largest absolute Gasteiger partial charge is 0.363 e. The molecule has 8 nitrogen and oxygen atoms in total. The van der Waals surface area contributed by atoms with E-state index in [1.807, 2.05) is 0 Å². The van der Waals surface area contributed by atoms with E-state index in [-0.39, 0.29) is 16.7 Å². The Hall–Kier alpha value is -1.96. The molecule has 0 aromatic carbocycles. The standard InChI is InChI=1S/C17H28N6O2/c24-23(25)15-16(18-9-12-22-10-5-2-6-11-22)19-13-20-17(15)21-14-7-3-1-4-8-14/h13-14H,1-12H2,(H2,18,19,20,21). The van der Waals surface area contributed by atoms with Crippen LogP contribution in [0.2, 0.25) is 0 Å². The Morgan fingerprint density at radius 3 is 2.48 bits per heavy atom. The molecule has 0 unspecified atom stereocenters. The Kier molecular flexibility index (Phi) is 6.38. The van der Waals surface area contributed by atoms with E-state index >= 15 is 0 Å². The number of likely N-dealkylation sites (tertiary alicyclic amines) is 1. The predicted octanol–water partition coefficient (Wildman–Crippen LogP) is 3.03. The lowest BCUT2D eigenvalue weighted by Crippen LogP contribution is -2.33. The first-order chi connectivity index (χ1) is 12.2. The van der Waals surface area contributed by atoms with Crippen molar-refractivity contribution in [3.8, 4) is 0 Å². The molecule has 0 spiro atoms. The van der Waals surface area contributed by atoms with Crippen LogP contribution in [0, 0.1) is 10.1 Å². The van der Waals surface area contributed by atoms with Gasteiger partial charge in [-0.25, -0.2) is 9.97 Å². The maximum absolute atomic E-state index is 11.6. The quantitative estimate of drug-likeness (QED) is 0.577. The first-order valence-electron chi connectivity index (χ1n) is 9.46. The molecule has 2 fully saturated rings. The predicted molar refractivity (Wildman–Crippen MR) is 98.0 cm³/mol. The van der Waals surface area contributed by atoms with E-state index in [1.54, 1.807) is 0 Å². The van der Waals surface area contributed by atoms with Crippen LogP contribution in [0.5, 0.6) is 0 Å². The zero-order valence-corrected chi connectivity index (χ0v) is 14.7. The number of nitrogens with zero attached hydrogens (tertiary/aromatic N) is 4. The van der Waals surface area contributed by atoms with E-state index in [2.05, 4.69) is 25.5 Å². The van der Waals surface area contributed by atoms with E-state index < -0.39 is 0 Å². The zero-order valence-electron chi connectivity index (χ0n) is 14.7. The molecule has 1 aliphatic carbocycles. The van der Waals surface area contributed by atoms with Gasteiger partial charge in [-0.05, 0) is 38.8 Å². The first-order valence-corrected chi connectivity index (χ1v) is 9.46. The van der Waals surface area contributed by atoms with Gasteiger partial charge in [0.2, 0.25) is 11.6 Å². The summed E-state index contributed by atoms with van der Waals surface area (Å²) in [5.74, 6) is 0.655. The molecule has 1 saturated heterocycles. The zero-order chi connectivity index (χ0) is 17.5. The van der Waals surface area contributed by atoms with Crippen LogP contribution in [0.3, 0.4) is 0 Å². The lowest BCUT2D eigenvalue weighted by atomic mass is 9.95. The average molecular weight is 348 g/mol. The summed E-state index contributed by atoms with van der Waals surface area (Å²) in [4.78, 5) is 21.8. The van der Waals surface area contributed by atoms with Gasteiger partial charge in [0, 0.05) is 19.1 Å². The highest BCUT2D eigenvalue weighted by Crippen LogP contribution is 2.31. The van der Waals surface area contributed by atoms with Crippen LogP contribution in [0.25, 0.3) is 0 Å². The number of nitro groups is 1. The first kappa shape index (κ1) is 17.8. The highest BCUT2D eigenvalue weighted by Gasteiger charge is 2.25. The van der Waals surface area contributed by atoms with Gasteiger partial charge in [-0.3, -0.25) is 10.1 Å². The second-order valence-corrected chi connectivity index (χ2v) is 6.98. The van der Waals surface area contributed by atoms with Gasteiger partial charge in [0.1, 0.15) is 6.33 Å². The number of anilines is 2. The van der Waals surface area contributed by atoms with Crippen molar-refractivity contribution in [2.45, 2.75) is 57.4 Å². The van der Waals surface area contributed by atoms with Crippen LogP contribution in [0.1, 0.15) is 51.4 Å². The minimum atomic E-state index is -0.381. The van der Waals surface area contributed by atoms with E-state index in [9.17, 15) is 10.1 Å². The summed E-state index contributed by atoms with van der Waals surface area (Å²) >= 11 is 0. The van der Waals surface area contributed by atoms with Gasteiger partial charge in [0.05, 0.1) is 4.92 Å². The monoisotopic (exact) mass is 348 g/mol. The number of piperidine rings is 1. The summed E-state index contributed by atoms with van der Waals surface area (Å²) in [6.45, 7) is 3.76. The average Bonchev–Trinajstić information content (AvgIpc) is 2.63. The highest BCUT2D eigenvalue weighted by molar-refractivity contribution is 5.69. The Morgan fingerprint density at radius 2 is 1.76 bits per heavy atom. The Labute approximate surface area is 148 Å². The number of rotatable bonds is 7. The topological polar surface area (TPSA) is 96.2 Å². The van der Waals surface area contributed by atoms with E-state index in [1.165, 1.54) is 32.0 Å². The van der Waals surface area contributed by atoms with E-state index in [4.69, 9.17) is 0 Å². The molecule has 2 aliphatic rings. The van der Waals surface area contributed by atoms with Crippen LogP contribution in [0.15, 0.2) is 6.33 Å². The van der Waals surface area contributed by atoms with Crippen molar-refractivity contribution in [3.63, 3.8) is 0 Å². The summed E-state index contributed by atoms with van der Waals surface area (Å²) in [7, 11) is 0. The molecule has 2 heterocycles. The smallest absolute Gasteiger partial charge is 0.353 e. The van der Waals surface area contributed by atoms with Crippen molar-refractivity contribution in [1.29, 1.82) is 0 Å². The fourth-order valence-corrected chi connectivity index (χ4v) is 3.74. The third kappa shape index (κ3) is 5.01. The van der Waals surface area contributed by atoms with Crippen molar-refractivity contribution >= 4 is 17.3 Å². The van der Waals surface area contributed by atoms with Crippen molar-refractivity contribution in [2.75, 3.05) is 36.8 Å². The number of aromatic nitrogens is 2. The van der Waals surface area contributed by atoms with Crippen LogP contribution in [0.4, 0.5) is 17.3 Å². The second-order valence-electron chi connectivity index (χ2n) is 6.98. The number of nitrogens with one attached hydrogen (secondary N) is 2. The summed E-state index contributed by atoms with van der Waals surface area (Å²) < 4.78 is 0. The van der Waals surface area contributed by atoms with Crippen molar-refractivity contribution in [3.05, 3.63) is 16.4 Å². The molecule has 3 rings (SSSR count). The molecule has 0 atom stereocenters. The van der Waals surface area contributed by atoms with Gasteiger partial charge in [-0.15, -0.1) is 0 Å². The Bertz CT molecular complexity index is 570. The molecule has 25 heavy (non-hydrogen) atoms. The molecule has 0 bridgehead atoms. The number of hydrogen-bond donors (Lipinski definition) is 2. The molecule has 1 aromatic rings. The third-order valence-corrected chi connectivity index (χ3v) is 5.12. The minimum absolute atomic E-state index is 0.0354. The maximum atomic E-state index is 11.6. The highest BCUT2D eigenvalue weighted by atomic mass is 16.6. The molecule has 138 valence electrons. The molecular weight excluding hydrogens is 320 g/mol. The number of hydrogen-bond acceptors (Lipinski definition) is 7. The summed E-state index contributed by atoms with van der Waals surface area (Å²) in [5.41, 5.74) is -0.0354. The van der Waals surface area contributed by atoms with Gasteiger partial charge >= 0.3 is 5.69 Å². The van der Waals surface area contributed by atoms with Crippen LogP contribution < -0.4 is 10.6 Å². The summed E-state index contributed by atoms with van der Waals surface area (Å²) in [6, 6.07) is 0.267. The molecule has 1 saturated carbocycles. The summed E-state index contributed by atoms with van der Waals surface area (Å²) in [5, 5.41) is 18.0. The molecule has 0 radical (unpaired) electrons. The van der Waals surface area contributed by atoms with Gasteiger partial charge in [-0.1, -0.05) is 25.7 Å². The lowest BCUT2D eigenvalue weighted by molar-refractivity contribution is -0.383. The molecule has 0 amide bonds. The van der Waals surface area contributed by atoms with Gasteiger partial charge in [0.15, 0.2) is 0 Å². The van der Waals surface area contributed by atoms with Crippen molar-refractivity contribution in [2.24, 2.45) is 0 Å². The van der Waals surface area contributed by atoms with Gasteiger partial charge < -0.3 is 15.5 Å². The van der Waals surface area contributed by atoms with Crippen LogP contribution >= 0.6 is 0 Å². The fraction of sp³-hybridized carbons (Fsp3) is 0.765.